The van der Waals surface area contributed by atoms with Crippen molar-refractivity contribution in [3.05, 3.63) is 52.5 Å². The highest BCUT2D eigenvalue weighted by Gasteiger charge is 2.01. The Morgan fingerprint density at radius 3 is 2.88 bits per heavy atom. The number of amides is 1. The van der Waals surface area contributed by atoms with Gasteiger partial charge in [-0.3, -0.25) is 9.78 Å². The van der Waals surface area contributed by atoms with Gasteiger partial charge in [0.05, 0.1) is 6.21 Å². The first-order valence-electron chi connectivity index (χ1n) is 4.63. The van der Waals surface area contributed by atoms with Crippen molar-refractivity contribution in [2.24, 2.45) is 5.10 Å². The third-order valence-corrected chi connectivity index (χ3v) is 2.65. The summed E-state index contributed by atoms with van der Waals surface area (Å²) >= 11 is 1.56. The maximum atomic E-state index is 11.5. The molecular formula is C11H9N3OS. The Morgan fingerprint density at radius 1 is 1.38 bits per heavy atom. The largest absolute Gasteiger partial charge is 0.271 e. The molecule has 2 aromatic heterocycles. The minimum absolute atomic E-state index is 0.241. The summed E-state index contributed by atoms with van der Waals surface area (Å²) in [4.78, 5) is 16.4. The number of hydrogen-bond acceptors (Lipinski definition) is 4. The molecule has 4 nitrogen and oxygen atoms in total. The Labute approximate surface area is 96.7 Å². The molecule has 0 atom stereocenters. The summed E-state index contributed by atoms with van der Waals surface area (Å²) in [6.07, 6.45) is 4.75. The predicted octanol–water partition coefficient (Wildman–Crippen LogP) is 1.91. The Balaban J connectivity index is 1.94. The maximum Gasteiger partial charge on any atom is 0.271 e. The maximum absolute atomic E-state index is 11.5. The van der Waals surface area contributed by atoms with Crippen molar-refractivity contribution in [2.45, 2.75) is 0 Å². The molecule has 0 aliphatic rings. The summed E-state index contributed by atoms with van der Waals surface area (Å²) < 4.78 is 0. The Kier molecular flexibility index (Phi) is 3.40. The van der Waals surface area contributed by atoms with Crippen molar-refractivity contribution < 1.29 is 4.79 Å². The molecule has 5 heteroatoms. The summed E-state index contributed by atoms with van der Waals surface area (Å²) in [6, 6.07) is 7.12. The van der Waals surface area contributed by atoms with Crippen molar-refractivity contribution >= 4 is 23.5 Å². The second kappa shape index (κ2) is 5.18. The lowest BCUT2D eigenvalue weighted by Crippen LogP contribution is -2.17. The number of thiophene rings is 1. The molecule has 2 heterocycles. The highest BCUT2D eigenvalue weighted by molar-refractivity contribution is 7.11. The van der Waals surface area contributed by atoms with Gasteiger partial charge in [-0.2, -0.15) is 5.10 Å². The van der Waals surface area contributed by atoms with E-state index in [0.717, 1.165) is 4.88 Å². The van der Waals surface area contributed by atoms with E-state index in [4.69, 9.17) is 0 Å². The van der Waals surface area contributed by atoms with Gasteiger partial charge in [-0.15, -0.1) is 11.3 Å². The van der Waals surface area contributed by atoms with Gasteiger partial charge in [0.2, 0.25) is 0 Å². The van der Waals surface area contributed by atoms with Crippen LogP contribution in [0.5, 0.6) is 0 Å². The van der Waals surface area contributed by atoms with E-state index in [9.17, 15) is 4.79 Å². The molecule has 1 amide bonds. The molecule has 0 spiro atoms. The summed E-state index contributed by atoms with van der Waals surface area (Å²) in [7, 11) is 0. The summed E-state index contributed by atoms with van der Waals surface area (Å²) in [5.74, 6) is -0.241. The molecule has 0 saturated heterocycles. The van der Waals surface area contributed by atoms with Crippen LogP contribution < -0.4 is 5.43 Å². The second-order valence-electron chi connectivity index (χ2n) is 2.95. The first-order chi connectivity index (χ1) is 7.86. The van der Waals surface area contributed by atoms with E-state index in [-0.39, 0.29) is 5.91 Å². The molecule has 80 valence electrons. The van der Waals surface area contributed by atoms with E-state index in [2.05, 4.69) is 15.5 Å². The predicted molar refractivity (Wildman–Crippen MR) is 63.6 cm³/mol. The lowest BCUT2D eigenvalue weighted by Gasteiger charge is -1.97. The highest BCUT2D eigenvalue weighted by Crippen LogP contribution is 2.04. The highest BCUT2D eigenvalue weighted by atomic mass is 32.1. The van der Waals surface area contributed by atoms with E-state index in [1.54, 1.807) is 42.1 Å². The fourth-order valence-corrected chi connectivity index (χ4v) is 1.67. The molecule has 0 bridgehead atoms. The van der Waals surface area contributed by atoms with E-state index in [1.807, 2.05) is 17.5 Å². The number of pyridine rings is 1. The SMILES string of the molecule is O=C(N/N=C/c1cccs1)c1ccncc1. The third kappa shape index (κ3) is 2.74. The molecule has 0 aliphatic heterocycles. The lowest BCUT2D eigenvalue weighted by molar-refractivity contribution is 0.0955. The van der Waals surface area contributed by atoms with Gasteiger partial charge in [0.1, 0.15) is 0 Å². The zero-order valence-corrected chi connectivity index (χ0v) is 9.15. The molecule has 2 rings (SSSR count). The van der Waals surface area contributed by atoms with Gasteiger partial charge in [-0.05, 0) is 23.6 Å². The van der Waals surface area contributed by atoms with Crippen LogP contribution in [-0.4, -0.2) is 17.1 Å². The minimum Gasteiger partial charge on any atom is -0.267 e. The van der Waals surface area contributed by atoms with Crippen LogP contribution in [0.4, 0.5) is 0 Å². The number of nitrogens with one attached hydrogen (secondary N) is 1. The summed E-state index contributed by atoms with van der Waals surface area (Å²) in [5.41, 5.74) is 2.99. The van der Waals surface area contributed by atoms with Crippen molar-refractivity contribution in [3.8, 4) is 0 Å². The van der Waals surface area contributed by atoms with Crippen molar-refractivity contribution in [2.75, 3.05) is 0 Å². The Bertz CT molecular complexity index is 479. The standard InChI is InChI=1S/C11H9N3OS/c15-11(9-3-5-12-6-4-9)14-13-8-10-2-1-7-16-10/h1-8H,(H,14,15)/b13-8+. The van der Waals surface area contributed by atoms with E-state index >= 15 is 0 Å². The number of rotatable bonds is 3. The van der Waals surface area contributed by atoms with E-state index in [1.165, 1.54) is 0 Å². The molecule has 0 unspecified atom stereocenters. The van der Waals surface area contributed by atoms with Crippen LogP contribution in [0, 0.1) is 0 Å². The number of carbonyl (C=O) groups is 1. The quantitative estimate of drug-likeness (QED) is 0.648. The molecule has 0 saturated carbocycles. The lowest BCUT2D eigenvalue weighted by atomic mass is 10.3. The van der Waals surface area contributed by atoms with E-state index < -0.39 is 0 Å². The van der Waals surface area contributed by atoms with Crippen molar-refractivity contribution in [1.82, 2.24) is 10.4 Å². The number of aromatic nitrogens is 1. The molecule has 0 radical (unpaired) electrons. The third-order valence-electron chi connectivity index (χ3n) is 1.84. The zero-order chi connectivity index (χ0) is 11.2. The van der Waals surface area contributed by atoms with Gasteiger partial charge >= 0.3 is 0 Å². The fraction of sp³-hybridized carbons (Fsp3) is 0. The zero-order valence-electron chi connectivity index (χ0n) is 8.33. The van der Waals surface area contributed by atoms with Crippen LogP contribution in [0.2, 0.25) is 0 Å². The van der Waals surface area contributed by atoms with Crippen LogP contribution >= 0.6 is 11.3 Å². The first kappa shape index (κ1) is 10.5. The Morgan fingerprint density at radius 2 is 2.19 bits per heavy atom. The summed E-state index contributed by atoms with van der Waals surface area (Å²) in [6.45, 7) is 0. The van der Waals surface area contributed by atoms with Crippen molar-refractivity contribution in [3.63, 3.8) is 0 Å². The number of carbonyl (C=O) groups excluding carboxylic acids is 1. The van der Waals surface area contributed by atoms with Gasteiger partial charge in [0.15, 0.2) is 0 Å². The van der Waals surface area contributed by atoms with E-state index in [0.29, 0.717) is 5.56 Å². The van der Waals surface area contributed by atoms with Gasteiger partial charge in [-0.25, -0.2) is 5.43 Å². The van der Waals surface area contributed by atoms with Gasteiger partial charge in [-0.1, -0.05) is 6.07 Å². The molecule has 1 N–H and O–H groups in total. The summed E-state index contributed by atoms with van der Waals surface area (Å²) in [5, 5.41) is 5.81. The molecule has 0 fully saturated rings. The van der Waals surface area contributed by atoms with Crippen LogP contribution in [0.3, 0.4) is 0 Å². The number of nitrogens with zero attached hydrogens (tertiary/aromatic N) is 2. The Hall–Kier alpha value is -2.01. The fourth-order valence-electron chi connectivity index (χ4n) is 1.09. The molecule has 0 aliphatic carbocycles. The normalized spacial score (nSPS) is 10.5. The van der Waals surface area contributed by atoms with Gasteiger partial charge < -0.3 is 0 Å². The molecular weight excluding hydrogens is 222 g/mol. The van der Waals surface area contributed by atoms with Gasteiger partial charge in [0.25, 0.3) is 5.91 Å². The second-order valence-corrected chi connectivity index (χ2v) is 3.93. The van der Waals surface area contributed by atoms with Crippen LogP contribution in [0.1, 0.15) is 15.2 Å². The minimum atomic E-state index is -0.241. The molecule has 0 aromatic carbocycles. The topological polar surface area (TPSA) is 54.4 Å². The monoisotopic (exact) mass is 231 g/mol. The first-order valence-corrected chi connectivity index (χ1v) is 5.51. The van der Waals surface area contributed by atoms with Gasteiger partial charge in [0, 0.05) is 22.8 Å². The average Bonchev–Trinajstić information content (AvgIpc) is 2.83. The van der Waals surface area contributed by atoms with Crippen molar-refractivity contribution in [1.29, 1.82) is 0 Å². The van der Waals surface area contributed by atoms with Crippen LogP contribution in [-0.2, 0) is 0 Å². The number of hydrazone groups is 1. The molecule has 2 aromatic rings. The van der Waals surface area contributed by atoms with Crippen LogP contribution in [0.15, 0.2) is 47.1 Å². The van der Waals surface area contributed by atoms with Crippen LogP contribution in [0.25, 0.3) is 0 Å². The molecule has 16 heavy (non-hydrogen) atoms. The number of hydrogen-bond donors (Lipinski definition) is 1. The smallest absolute Gasteiger partial charge is 0.267 e. The average molecular weight is 231 g/mol.